The summed E-state index contributed by atoms with van der Waals surface area (Å²) < 4.78 is 27.6. The zero-order valence-corrected chi connectivity index (χ0v) is 26.4. The van der Waals surface area contributed by atoms with Crippen LogP contribution in [-0.4, -0.2) is 25.1 Å². The van der Waals surface area contributed by atoms with Crippen LogP contribution in [0.1, 0.15) is 104 Å². The Kier molecular flexibility index (Phi) is 11.7. The molecule has 0 rings (SSSR count). The molecule has 0 aliphatic heterocycles. The molecule has 0 amide bonds. The third-order valence-electron chi connectivity index (χ3n) is 3.98. The van der Waals surface area contributed by atoms with Crippen LogP contribution in [0.3, 0.4) is 0 Å². The molecule has 0 radical (unpaired) electrons. The van der Waals surface area contributed by atoms with Gasteiger partial charge in [0.25, 0.3) is 0 Å². The maximum atomic E-state index is 7.37. The summed E-state index contributed by atoms with van der Waals surface area (Å²) in [4.78, 5) is 0. The first-order valence-electron chi connectivity index (χ1n) is 11.9. The average Bonchev–Trinajstić information content (AvgIpc) is 2.25. The van der Waals surface area contributed by atoms with E-state index in [0.29, 0.717) is 17.8 Å². The molecule has 0 unspecified atom stereocenters. The standard InChI is InChI=1S/C12H27OSi.3C4H9O.Zr/c1-10(2)7-14(13,8-11(3)4)9-12(5)6;3*1-4(2,3)5;/h10-12H,7-9H2,1-6H3;3*1-3H3;/q4*-1;+4. The van der Waals surface area contributed by atoms with Gasteiger partial charge < -0.3 is 0 Å². The predicted octanol–water partition coefficient (Wildman–Crippen LogP) is 8.18. The van der Waals surface area contributed by atoms with E-state index in [-0.39, 0.29) is 0 Å². The van der Waals surface area contributed by atoms with Crippen molar-refractivity contribution in [3.63, 3.8) is 0 Å². The molecule has 0 atom stereocenters. The number of hydrogen-bond acceptors (Lipinski definition) is 4. The number of rotatable bonds is 11. The Balaban J connectivity index is 6.63. The van der Waals surface area contributed by atoms with Crippen LogP contribution in [0.4, 0.5) is 0 Å². The normalized spacial score (nSPS) is 15.0. The predicted molar refractivity (Wildman–Crippen MR) is 128 cm³/mol. The van der Waals surface area contributed by atoms with Crippen LogP contribution in [0.2, 0.25) is 18.1 Å². The van der Waals surface area contributed by atoms with Crippen molar-refractivity contribution in [1.29, 1.82) is 0 Å². The summed E-state index contributed by atoms with van der Waals surface area (Å²) in [6, 6.07) is 3.32. The van der Waals surface area contributed by atoms with Gasteiger partial charge in [0.05, 0.1) is 0 Å². The van der Waals surface area contributed by atoms with Crippen LogP contribution >= 0.6 is 0 Å². The molecule has 30 heavy (non-hydrogen) atoms. The van der Waals surface area contributed by atoms with Gasteiger partial charge in [-0.3, -0.25) is 0 Å². The summed E-state index contributed by atoms with van der Waals surface area (Å²) in [6.07, 6.45) is 0. The van der Waals surface area contributed by atoms with Crippen molar-refractivity contribution in [2.24, 2.45) is 17.8 Å². The molecule has 0 aromatic rings. The molecule has 0 N–H and O–H groups in total. The fourth-order valence-corrected chi connectivity index (χ4v) is 22.5. The topological polar surface area (TPSA) is 36.9 Å². The van der Waals surface area contributed by atoms with Crippen LogP contribution < -0.4 is 0 Å². The second kappa shape index (κ2) is 11.4. The molecule has 6 heteroatoms. The first kappa shape index (κ1) is 30.9. The van der Waals surface area contributed by atoms with E-state index in [1.165, 1.54) is 0 Å². The van der Waals surface area contributed by atoms with Crippen molar-refractivity contribution in [2.75, 3.05) is 0 Å². The van der Waals surface area contributed by atoms with E-state index in [1.54, 1.807) is 0 Å². The fourth-order valence-electron chi connectivity index (χ4n) is 4.12. The van der Waals surface area contributed by atoms with Crippen LogP contribution in [0, 0.1) is 17.8 Å². The monoisotopic (exact) mass is 524 g/mol. The van der Waals surface area contributed by atoms with Gasteiger partial charge in [0, 0.05) is 0 Å². The molecule has 0 aliphatic carbocycles. The van der Waals surface area contributed by atoms with Crippen molar-refractivity contribution in [1.82, 2.24) is 0 Å². The van der Waals surface area contributed by atoms with Gasteiger partial charge in [0.1, 0.15) is 0 Å². The molecule has 0 aliphatic rings. The van der Waals surface area contributed by atoms with Crippen molar-refractivity contribution in [2.45, 2.75) is 139 Å². The Hall–Kier alpha value is 0.940. The molecule has 0 bridgehead atoms. The molecular weight excluding hydrogens is 472 g/mol. The molecule has 0 aromatic heterocycles. The van der Waals surface area contributed by atoms with Gasteiger partial charge in [-0.1, -0.05) is 0 Å². The van der Waals surface area contributed by atoms with Gasteiger partial charge in [0.15, 0.2) is 0 Å². The van der Waals surface area contributed by atoms with E-state index in [0.717, 1.165) is 18.1 Å². The second-order valence-corrected chi connectivity index (χ2v) is 22.5. The van der Waals surface area contributed by atoms with Gasteiger partial charge in [-0.2, -0.15) is 0 Å². The molecule has 0 heterocycles. The zero-order chi connectivity index (χ0) is 24.2. The van der Waals surface area contributed by atoms with Crippen molar-refractivity contribution < 1.29 is 33.0 Å². The molecular formula is C24H54O4SiZr. The Labute approximate surface area is 197 Å². The van der Waals surface area contributed by atoms with Gasteiger partial charge in [-0.25, -0.2) is 0 Å². The molecule has 0 spiro atoms. The average molecular weight is 526 g/mol. The Morgan fingerprint density at radius 3 is 0.933 bits per heavy atom. The quantitative estimate of drug-likeness (QED) is 0.255. The van der Waals surface area contributed by atoms with Crippen molar-refractivity contribution >= 4 is 8.32 Å². The van der Waals surface area contributed by atoms with Gasteiger partial charge in [-0.15, -0.1) is 0 Å². The van der Waals surface area contributed by atoms with Gasteiger partial charge >= 0.3 is 198 Å². The van der Waals surface area contributed by atoms with Crippen LogP contribution in [0.5, 0.6) is 0 Å². The van der Waals surface area contributed by atoms with E-state index in [4.69, 9.17) is 10.9 Å². The van der Waals surface area contributed by atoms with E-state index in [1.807, 2.05) is 0 Å². The summed E-state index contributed by atoms with van der Waals surface area (Å²) in [5, 5.41) is 0. The van der Waals surface area contributed by atoms with Crippen LogP contribution in [0.15, 0.2) is 0 Å². The zero-order valence-electron chi connectivity index (χ0n) is 23.0. The molecule has 0 fully saturated rings. The molecule has 4 nitrogen and oxygen atoms in total. The third kappa shape index (κ3) is 14.2. The summed E-state index contributed by atoms with van der Waals surface area (Å²) >= 11 is -4.47. The first-order chi connectivity index (χ1) is 13.1. The summed E-state index contributed by atoms with van der Waals surface area (Å²) in [5.41, 5.74) is -1.21. The molecule has 182 valence electrons. The van der Waals surface area contributed by atoms with Crippen LogP contribution in [-0.2, 0) is 33.0 Å². The maximum absolute atomic E-state index is 7.37. The minimum atomic E-state index is -4.47. The van der Waals surface area contributed by atoms with E-state index in [2.05, 4.69) is 104 Å². The van der Waals surface area contributed by atoms with E-state index < -0.39 is 47.1 Å². The molecule has 0 aromatic carbocycles. The summed E-state index contributed by atoms with van der Waals surface area (Å²) in [7, 11) is -2.20. The van der Waals surface area contributed by atoms with Gasteiger partial charge in [0.2, 0.25) is 0 Å². The minimum absolute atomic E-state index is 0.403. The van der Waals surface area contributed by atoms with E-state index >= 15 is 0 Å². The van der Waals surface area contributed by atoms with Crippen molar-refractivity contribution in [3.05, 3.63) is 0 Å². The molecule has 0 saturated heterocycles. The van der Waals surface area contributed by atoms with E-state index in [9.17, 15) is 0 Å². The first-order valence-corrected chi connectivity index (χ1v) is 18.4. The third-order valence-corrected chi connectivity index (χ3v) is 20.7. The summed E-state index contributed by atoms with van der Waals surface area (Å²) in [6.45, 7) is 32.6. The van der Waals surface area contributed by atoms with Crippen molar-refractivity contribution in [3.8, 4) is 0 Å². The number of hydrogen-bond donors (Lipinski definition) is 0. The molecule has 0 saturated carbocycles. The second-order valence-electron chi connectivity index (χ2n) is 13.2. The Bertz CT molecular complexity index is 431. The Morgan fingerprint density at radius 1 is 0.533 bits per heavy atom. The van der Waals surface area contributed by atoms with Gasteiger partial charge in [-0.05, 0) is 0 Å². The van der Waals surface area contributed by atoms with Crippen LogP contribution in [0.25, 0.3) is 0 Å². The SMILES string of the molecule is CC(C)C[Si](CC(C)C)(CC(C)C)[O][Zr]([O]C(C)(C)C)([O]C(C)(C)C)[O]C(C)(C)C. The summed E-state index contributed by atoms with van der Waals surface area (Å²) in [5.74, 6) is 1.70. The Morgan fingerprint density at radius 2 is 0.767 bits per heavy atom. The fraction of sp³-hybridized carbons (Fsp3) is 1.00.